The summed E-state index contributed by atoms with van der Waals surface area (Å²) < 4.78 is 0. The summed E-state index contributed by atoms with van der Waals surface area (Å²) >= 11 is 0. The summed E-state index contributed by atoms with van der Waals surface area (Å²) in [6.45, 7) is 2.22. The molecular formula is C12H18O. The molecule has 4 aliphatic carbocycles. The van der Waals surface area contributed by atoms with Crippen LogP contribution in [-0.2, 0) is 0 Å². The maximum atomic E-state index is 10.3. The molecule has 2 bridgehead atoms. The second-order valence-electron chi connectivity index (χ2n) is 6.11. The third kappa shape index (κ3) is 0.674. The average molecular weight is 178 g/mol. The summed E-state index contributed by atoms with van der Waals surface area (Å²) in [6, 6.07) is 0. The van der Waals surface area contributed by atoms with E-state index in [1.54, 1.807) is 0 Å². The first-order valence-electron chi connectivity index (χ1n) is 5.94. The Balaban J connectivity index is 1.62. The Kier molecular flexibility index (Phi) is 1.03. The van der Waals surface area contributed by atoms with E-state index in [1.165, 1.54) is 19.3 Å². The van der Waals surface area contributed by atoms with Gasteiger partial charge in [-0.15, -0.1) is 0 Å². The quantitative estimate of drug-likeness (QED) is 0.651. The molecule has 4 saturated carbocycles. The van der Waals surface area contributed by atoms with Gasteiger partial charge in [-0.2, -0.15) is 0 Å². The Morgan fingerprint density at radius 3 is 2.15 bits per heavy atom. The zero-order chi connectivity index (χ0) is 8.79. The van der Waals surface area contributed by atoms with Crippen molar-refractivity contribution in [2.75, 3.05) is 0 Å². The Morgan fingerprint density at radius 2 is 1.69 bits per heavy atom. The van der Waals surface area contributed by atoms with Crippen LogP contribution in [0.25, 0.3) is 0 Å². The maximum absolute atomic E-state index is 10.3. The summed E-state index contributed by atoms with van der Waals surface area (Å²) in [4.78, 5) is 0. The molecule has 0 amide bonds. The van der Waals surface area contributed by atoms with Gasteiger partial charge < -0.3 is 5.11 Å². The van der Waals surface area contributed by atoms with Crippen molar-refractivity contribution in [3.8, 4) is 0 Å². The van der Waals surface area contributed by atoms with Crippen LogP contribution in [0.1, 0.15) is 32.6 Å². The van der Waals surface area contributed by atoms with Crippen molar-refractivity contribution < 1.29 is 5.11 Å². The standard InChI is InChI=1S/C12H18O/c1-6-5-12(6,13)11-9-7-2-3-8(4-7)10(9)11/h6-11,13H,2-5H2,1H3. The lowest BCUT2D eigenvalue weighted by molar-refractivity contribution is 0.0889. The molecule has 0 aromatic rings. The zero-order valence-electron chi connectivity index (χ0n) is 8.24. The molecule has 72 valence electrons. The van der Waals surface area contributed by atoms with E-state index in [9.17, 15) is 5.11 Å². The minimum absolute atomic E-state index is 0.184. The molecule has 0 aliphatic heterocycles. The molecular weight excluding hydrogens is 160 g/mol. The predicted octanol–water partition coefficient (Wildman–Crippen LogP) is 2.05. The van der Waals surface area contributed by atoms with E-state index in [0.717, 1.165) is 36.0 Å². The SMILES string of the molecule is CC1CC1(O)C1C2C3CCC(C3)C21. The van der Waals surface area contributed by atoms with Gasteiger partial charge in [-0.1, -0.05) is 6.92 Å². The molecule has 0 saturated heterocycles. The van der Waals surface area contributed by atoms with Crippen molar-refractivity contribution in [1.82, 2.24) is 0 Å². The Hall–Kier alpha value is -0.0400. The molecule has 1 nitrogen and oxygen atoms in total. The van der Waals surface area contributed by atoms with Gasteiger partial charge in [-0.25, -0.2) is 0 Å². The van der Waals surface area contributed by atoms with E-state index < -0.39 is 0 Å². The van der Waals surface area contributed by atoms with Crippen LogP contribution in [0.2, 0.25) is 0 Å². The maximum Gasteiger partial charge on any atom is 0.0711 e. The van der Waals surface area contributed by atoms with Crippen molar-refractivity contribution in [1.29, 1.82) is 0 Å². The minimum Gasteiger partial charge on any atom is -0.389 e. The molecule has 0 aromatic carbocycles. The van der Waals surface area contributed by atoms with E-state index in [0.29, 0.717) is 5.92 Å². The van der Waals surface area contributed by atoms with Crippen LogP contribution >= 0.6 is 0 Å². The van der Waals surface area contributed by atoms with Crippen molar-refractivity contribution in [2.45, 2.75) is 38.2 Å². The fourth-order valence-electron chi connectivity index (χ4n) is 4.89. The first-order chi connectivity index (χ1) is 6.22. The molecule has 0 aromatic heterocycles. The van der Waals surface area contributed by atoms with Gasteiger partial charge in [-0.3, -0.25) is 0 Å². The highest BCUT2D eigenvalue weighted by atomic mass is 16.3. The second-order valence-corrected chi connectivity index (χ2v) is 6.11. The van der Waals surface area contributed by atoms with Crippen LogP contribution in [0.5, 0.6) is 0 Å². The van der Waals surface area contributed by atoms with E-state index in [4.69, 9.17) is 0 Å². The zero-order valence-corrected chi connectivity index (χ0v) is 8.24. The number of rotatable bonds is 1. The van der Waals surface area contributed by atoms with Gasteiger partial charge in [0.05, 0.1) is 5.60 Å². The smallest absolute Gasteiger partial charge is 0.0711 e. The van der Waals surface area contributed by atoms with E-state index in [-0.39, 0.29) is 5.60 Å². The molecule has 1 N–H and O–H groups in total. The lowest BCUT2D eigenvalue weighted by atomic mass is 9.96. The van der Waals surface area contributed by atoms with Gasteiger partial charge in [0.2, 0.25) is 0 Å². The summed E-state index contributed by atoms with van der Waals surface area (Å²) in [5.74, 6) is 5.34. The number of aliphatic hydroxyl groups is 1. The van der Waals surface area contributed by atoms with Crippen molar-refractivity contribution >= 4 is 0 Å². The van der Waals surface area contributed by atoms with Gasteiger partial charge in [0, 0.05) is 0 Å². The summed E-state index contributed by atoms with van der Waals surface area (Å²) in [5, 5.41) is 10.3. The molecule has 4 fully saturated rings. The van der Waals surface area contributed by atoms with Crippen molar-refractivity contribution in [3.63, 3.8) is 0 Å². The molecule has 0 heterocycles. The van der Waals surface area contributed by atoms with Crippen LogP contribution in [-0.4, -0.2) is 10.7 Å². The lowest BCUT2D eigenvalue weighted by Gasteiger charge is -2.14. The minimum atomic E-state index is -0.184. The molecule has 0 radical (unpaired) electrons. The molecule has 0 spiro atoms. The van der Waals surface area contributed by atoms with E-state index >= 15 is 0 Å². The van der Waals surface area contributed by atoms with Gasteiger partial charge in [0.25, 0.3) is 0 Å². The molecule has 6 unspecified atom stereocenters. The normalized spacial score (nSPS) is 72.5. The van der Waals surface area contributed by atoms with Gasteiger partial charge in [0.1, 0.15) is 0 Å². The van der Waals surface area contributed by atoms with Crippen LogP contribution in [0, 0.1) is 35.5 Å². The number of hydrogen-bond donors (Lipinski definition) is 1. The van der Waals surface area contributed by atoms with Gasteiger partial charge in [-0.05, 0) is 61.2 Å². The van der Waals surface area contributed by atoms with Crippen LogP contribution < -0.4 is 0 Å². The molecule has 13 heavy (non-hydrogen) atoms. The molecule has 4 aliphatic rings. The van der Waals surface area contributed by atoms with Crippen molar-refractivity contribution in [2.24, 2.45) is 35.5 Å². The summed E-state index contributed by atoms with van der Waals surface area (Å²) in [6.07, 6.45) is 5.57. The number of fused-ring (bicyclic) bond motifs is 5. The summed E-state index contributed by atoms with van der Waals surface area (Å²) in [5.41, 5.74) is -0.184. The highest BCUT2D eigenvalue weighted by Gasteiger charge is 2.75. The van der Waals surface area contributed by atoms with E-state index in [2.05, 4.69) is 6.92 Å². The van der Waals surface area contributed by atoms with Crippen LogP contribution in [0.3, 0.4) is 0 Å². The predicted molar refractivity (Wildman–Crippen MR) is 50.0 cm³/mol. The second kappa shape index (κ2) is 1.84. The first kappa shape index (κ1) is 7.28. The topological polar surface area (TPSA) is 20.2 Å². The van der Waals surface area contributed by atoms with E-state index in [1.807, 2.05) is 0 Å². The monoisotopic (exact) mass is 178 g/mol. The van der Waals surface area contributed by atoms with Gasteiger partial charge in [0.15, 0.2) is 0 Å². The van der Waals surface area contributed by atoms with Crippen LogP contribution in [0.15, 0.2) is 0 Å². The first-order valence-corrected chi connectivity index (χ1v) is 5.94. The Labute approximate surface area is 79.5 Å². The fraction of sp³-hybridized carbons (Fsp3) is 1.00. The largest absolute Gasteiger partial charge is 0.389 e. The summed E-state index contributed by atoms with van der Waals surface area (Å²) in [7, 11) is 0. The lowest BCUT2D eigenvalue weighted by Crippen LogP contribution is -2.19. The number of hydrogen-bond acceptors (Lipinski definition) is 1. The van der Waals surface area contributed by atoms with Crippen molar-refractivity contribution in [3.05, 3.63) is 0 Å². The molecule has 6 atom stereocenters. The highest BCUT2D eigenvalue weighted by molar-refractivity contribution is 5.23. The average Bonchev–Trinajstić information content (AvgIpc) is 2.87. The highest BCUT2D eigenvalue weighted by Crippen LogP contribution is 2.76. The third-order valence-corrected chi connectivity index (χ3v) is 5.64. The molecule has 1 heteroatoms. The molecule has 4 rings (SSSR count). The Bertz CT molecular complexity index is 258. The van der Waals surface area contributed by atoms with Crippen LogP contribution in [0.4, 0.5) is 0 Å². The Morgan fingerprint density at radius 1 is 1.15 bits per heavy atom. The fourth-order valence-corrected chi connectivity index (χ4v) is 4.89. The third-order valence-electron chi connectivity index (χ3n) is 5.64. The van der Waals surface area contributed by atoms with Gasteiger partial charge >= 0.3 is 0 Å².